The maximum atomic E-state index is 13.2. The second kappa shape index (κ2) is 11.1. The molecule has 0 aliphatic carbocycles. The summed E-state index contributed by atoms with van der Waals surface area (Å²) in [5.41, 5.74) is 1.94. The van der Waals surface area contributed by atoms with E-state index in [1.54, 1.807) is 25.6 Å². The number of benzene rings is 1. The van der Waals surface area contributed by atoms with Crippen molar-refractivity contribution in [1.82, 2.24) is 20.4 Å². The number of nitrogens with one attached hydrogen (secondary N) is 2. The summed E-state index contributed by atoms with van der Waals surface area (Å²) in [6.07, 6.45) is 0. The molecule has 0 radical (unpaired) electrons. The Morgan fingerprint density at radius 3 is 2.70 bits per heavy atom. The number of carboxylic acids is 1. The van der Waals surface area contributed by atoms with Crippen LogP contribution < -0.4 is 10.6 Å². The van der Waals surface area contributed by atoms with Gasteiger partial charge in [0.25, 0.3) is 0 Å². The fourth-order valence-electron chi connectivity index (χ4n) is 3.15. The number of hydrogen-bond acceptors (Lipinski definition) is 5. The Kier molecular flexibility index (Phi) is 8.76. The Morgan fingerprint density at radius 2 is 2.07 bits per heavy atom. The molecule has 30 heavy (non-hydrogen) atoms. The number of ether oxygens (including phenoxy) is 1. The molecule has 1 unspecified atom stereocenters. The molecule has 0 saturated heterocycles. The van der Waals surface area contributed by atoms with E-state index in [4.69, 9.17) is 16.3 Å². The summed E-state index contributed by atoms with van der Waals surface area (Å²) >= 11 is 5.97. The zero-order chi connectivity index (χ0) is 22.3. The van der Waals surface area contributed by atoms with E-state index in [1.807, 2.05) is 0 Å². The van der Waals surface area contributed by atoms with E-state index in [2.05, 4.69) is 15.7 Å². The van der Waals surface area contributed by atoms with Crippen molar-refractivity contribution in [2.75, 3.05) is 26.8 Å². The smallest absolute Gasteiger partial charge is 0.320 e. The molecule has 0 aliphatic heterocycles. The van der Waals surface area contributed by atoms with Crippen LogP contribution in [0, 0.1) is 19.7 Å². The predicted molar refractivity (Wildman–Crippen MR) is 110 cm³/mol. The van der Waals surface area contributed by atoms with Crippen LogP contribution >= 0.6 is 11.6 Å². The van der Waals surface area contributed by atoms with Crippen LogP contribution in [0.15, 0.2) is 18.2 Å². The van der Waals surface area contributed by atoms with E-state index in [9.17, 15) is 19.1 Å². The molecule has 1 aromatic carbocycles. The first-order valence-corrected chi connectivity index (χ1v) is 9.82. The van der Waals surface area contributed by atoms with Gasteiger partial charge in [-0.15, -0.1) is 0 Å². The largest absolute Gasteiger partial charge is 0.480 e. The molecule has 2 rings (SSSR count). The number of aryl methyl sites for hydroxylation is 1. The Bertz CT molecular complexity index is 903. The van der Waals surface area contributed by atoms with E-state index < -0.39 is 23.6 Å². The third-order valence-corrected chi connectivity index (χ3v) is 5.04. The van der Waals surface area contributed by atoms with E-state index >= 15 is 0 Å². The van der Waals surface area contributed by atoms with E-state index in [0.29, 0.717) is 48.8 Å². The number of halogens is 2. The average molecular weight is 441 g/mol. The van der Waals surface area contributed by atoms with Crippen LogP contribution in [-0.4, -0.2) is 53.6 Å². The van der Waals surface area contributed by atoms with Gasteiger partial charge in [0.15, 0.2) is 5.92 Å². The molecule has 1 heterocycles. The first kappa shape index (κ1) is 23.8. The zero-order valence-corrected chi connectivity index (χ0v) is 17.9. The number of carbonyl (C=O) groups excluding carboxylic acids is 1. The number of nitrogens with zero attached hydrogens (tertiary/aromatic N) is 2. The highest BCUT2D eigenvalue weighted by atomic mass is 35.5. The second-order valence-electron chi connectivity index (χ2n) is 6.78. The standard InChI is InChI=1S/C20H26ClFN4O4/c1-12-17(13(2)26(25-12)8-6-23-7-9-30-3)18(20(28)29)19(27)24-11-14-4-5-15(22)10-16(14)21/h4-5,10,18,23H,6-9,11H2,1-3H3,(H,24,27)(H,28,29). The molecule has 0 aliphatic rings. The molecule has 1 amide bonds. The third-order valence-electron chi connectivity index (χ3n) is 4.69. The SMILES string of the molecule is COCCNCCn1nc(C)c(C(C(=O)O)C(=O)NCc2ccc(F)cc2Cl)c1C. The number of aromatic nitrogens is 2. The molecular formula is C20H26ClFN4O4. The molecule has 1 aromatic heterocycles. The van der Waals surface area contributed by atoms with Gasteiger partial charge in [-0.3, -0.25) is 14.3 Å². The Labute approximate surface area is 179 Å². The summed E-state index contributed by atoms with van der Waals surface area (Å²) in [6.45, 7) is 5.82. The normalized spacial score (nSPS) is 12.0. The van der Waals surface area contributed by atoms with Gasteiger partial charge in [0.1, 0.15) is 5.82 Å². The molecule has 3 N–H and O–H groups in total. The summed E-state index contributed by atoms with van der Waals surface area (Å²) in [4.78, 5) is 24.6. The lowest BCUT2D eigenvalue weighted by molar-refractivity contribution is -0.143. The Morgan fingerprint density at radius 1 is 1.33 bits per heavy atom. The van der Waals surface area contributed by atoms with Crippen LogP contribution in [0.2, 0.25) is 5.02 Å². The summed E-state index contributed by atoms with van der Waals surface area (Å²) in [5, 5.41) is 20.0. The summed E-state index contributed by atoms with van der Waals surface area (Å²) in [5.74, 6) is -3.87. The zero-order valence-electron chi connectivity index (χ0n) is 17.2. The van der Waals surface area contributed by atoms with Gasteiger partial charge in [0, 0.05) is 43.0 Å². The highest BCUT2D eigenvalue weighted by Gasteiger charge is 2.33. The molecule has 2 aromatic rings. The molecule has 0 saturated carbocycles. The van der Waals surface area contributed by atoms with Gasteiger partial charge in [-0.05, 0) is 31.5 Å². The first-order chi connectivity index (χ1) is 14.3. The summed E-state index contributed by atoms with van der Waals surface area (Å²) in [7, 11) is 1.62. The third kappa shape index (κ3) is 6.01. The Balaban J connectivity index is 2.13. The number of methoxy groups -OCH3 is 1. The van der Waals surface area contributed by atoms with Gasteiger partial charge in [0.2, 0.25) is 5.91 Å². The minimum absolute atomic E-state index is 0.0165. The number of amides is 1. The molecule has 0 bridgehead atoms. The monoisotopic (exact) mass is 440 g/mol. The van der Waals surface area contributed by atoms with Crippen LogP contribution in [0.25, 0.3) is 0 Å². The van der Waals surface area contributed by atoms with Crippen LogP contribution in [0.1, 0.15) is 28.4 Å². The van der Waals surface area contributed by atoms with Crippen molar-refractivity contribution in [2.45, 2.75) is 32.9 Å². The second-order valence-corrected chi connectivity index (χ2v) is 7.18. The molecule has 0 spiro atoms. The lowest BCUT2D eigenvalue weighted by Crippen LogP contribution is -2.34. The predicted octanol–water partition coefficient (Wildman–Crippen LogP) is 2.01. The van der Waals surface area contributed by atoms with Crippen molar-refractivity contribution in [3.63, 3.8) is 0 Å². The van der Waals surface area contributed by atoms with Gasteiger partial charge in [-0.25, -0.2) is 4.39 Å². The molecule has 1 atom stereocenters. The van der Waals surface area contributed by atoms with Gasteiger partial charge in [0.05, 0.1) is 18.8 Å². The van der Waals surface area contributed by atoms with E-state index in [-0.39, 0.29) is 11.6 Å². The quantitative estimate of drug-likeness (QED) is 0.364. The lowest BCUT2D eigenvalue weighted by Gasteiger charge is -2.15. The maximum Gasteiger partial charge on any atom is 0.320 e. The van der Waals surface area contributed by atoms with Crippen molar-refractivity contribution in [1.29, 1.82) is 0 Å². The first-order valence-electron chi connectivity index (χ1n) is 9.44. The van der Waals surface area contributed by atoms with Gasteiger partial charge >= 0.3 is 5.97 Å². The average Bonchev–Trinajstić information content (AvgIpc) is 2.95. The van der Waals surface area contributed by atoms with Gasteiger partial charge < -0.3 is 20.5 Å². The fourth-order valence-corrected chi connectivity index (χ4v) is 3.38. The molecule has 0 fully saturated rings. The van der Waals surface area contributed by atoms with Gasteiger partial charge in [-0.1, -0.05) is 17.7 Å². The molecule has 10 heteroatoms. The number of aliphatic carboxylic acids is 1. The highest BCUT2D eigenvalue weighted by Crippen LogP contribution is 2.25. The van der Waals surface area contributed by atoms with Gasteiger partial charge in [-0.2, -0.15) is 5.10 Å². The van der Waals surface area contributed by atoms with Crippen LogP contribution in [-0.2, 0) is 27.4 Å². The number of carbonyl (C=O) groups is 2. The van der Waals surface area contributed by atoms with Crippen molar-refractivity contribution in [3.05, 3.63) is 51.6 Å². The van der Waals surface area contributed by atoms with Crippen molar-refractivity contribution in [3.8, 4) is 0 Å². The topological polar surface area (TPSA) is 105 Å². The van der Waals surface area contributed by atoms with Crippen LogP contribution in [0.3, 0.4) is 0 Å². The number of hydrogen-bond donors (Lipinski definition) is 3. The molecular weight excluding hydrogens is 415 g/mol. The highest BCUT2D eigenvalue weighted by molar-refractivity contribution is 6.31. The van der Waals surface area contributed by atoms with Crippen LogP contribution in [0.5, 0.6) is 0 Å². The number of carboxylic acid groups (broad SMARTS) is 1. The van der Waals surface area contributed by atoms with Crippen molar-refractivity contribution < 1.29 is 23.8 Å². The lowest BCUT2D eigenvalue weighted by atomic mass is 9.96. The maximum absolute atomic E-state index is 13.2. The fraction of sp³-hybridized carbons (Fsp3) is 0.450. The molecule has 164 valence electrons. The number of rotatable bonds is 11. The van der Waals surface area contributed by atoms with Crippen molar-refractivity contribution in [2.24, 2.45) is 0 Å². The van der Waals surface area contributed by atoms with E-state index in [0.717, 1.165) is 6.07 Å². The van der Waals surface area contributed by atoms with E-state index in [1.165, 1.54) is 12.1 Å². The minimum Gasteiger partial charge on any atom is -0.480 e. The molecule has 8 nitrogen and oxygen atoms in total. The van der Waals surface area contributed by atoms with Crippen LogP contribution in [0.4, 0.5) is 4.39 Å². The van der Waals surface area contributed by atoms with Crippen molar-refractivity contribution >= 4 is 23.5 Å². The Hall–Kier alpha value is -2.49. The summed E-state index contributed by atoms with van der Waals surface area (Å²) < 4.78 is 19.8. The summed E-state index contributed by atoms with van der Waals surface area (Å²) in [6, 6.07) is 3.80. The minimum atomic E-state index is -1.42.